The molecule has 0 aromatic heterocycles. The molecule has 2 atom stereocenters. The number of hydrogen-bond acceptors (Lipinski definition) is 0. The molecule has 0 radical (unpaired) electrons. The molecule has 4 rings (SSSR count). The summed E-state index contributed by atoms with van der Waals surface area (Å²) in [5.41, 5.74) is 2.58. The summed E-state index contributed by atoms with van der Waals surface area (Å²) >= 11 is 0. The number of fused-ring (bicyclic) bond motifs is 2. The second kappa shape index (κ2) is 14.3. The van der Waals surface area contributed by atoms with Gasteiger partial charge in [0.05, 0.1) is 11.8 Å². The molecule has 4 aromatic carbocycles. The van der Waals surface area contributed by atoms with E-state index in [0.29, 0.717) is 0 Å². The lowest BCUT2D eigenvalue weighted by molar-refractivity contribution is 0.679. The lowest BCUT2D eigenvalue weighted by Gasteiger charge is -2.23. The van der Waals surface area contributed by atoms with Crippen molar-refractivity contribution in [1.82, 2.24) is 0 Å². The van der Waals surface area contributed by atoms with Crippen LogP contribution in [0.2, 0.25) is 0 Å². The maximum absolute atomic E-state index is 3.77. The highest BCUT2D eigenvalue weighted by Crippen LogP contribution is 2.39. The van der Waals surface area contributed by atoms with Gasteiger partial charge in [-0.3, -0.25) is 0 Å². The average Bonchev–Trinajstić information content (AvgIpc) is 2.95. The van der Waals surface area contributed by atoms with Gasteiger partial charge in [-0.25, -0.2) is 0 Å². The molecule has 0 nitrogen and oxygen atoms in total. The first-order chi connectivity index (χ1) is 18.3. The molecule has 4 aromatic rings. The molecule has 0 heteroatoms. The molecule has 0 saturated carbocycles. The molecular formula is C37H40. The van der Waals surface area contributed by atoms with E-state index in [2.05, 4.69) is 122 Å². The zero-order valence-electron chi connectivity index (χ0n) is 22.6. The lowest BCUT2D eigenvalue weighted by atomic mass is 9.78. The van der Waals surface area contributed by atoms with Gasteiger partial charge in [0, 0.05) is 12.8 Å². The Labute approximate surface area is 224 Å². The fraction of sp³-hybridized carbons (Fsp3) is 0.351. The molecule has 37 heavy (non-hydrogen) atoms. The Morgan fingerprint density at radius 1 is 0.486 bits per heavy atom. The van der Waals surface area contributed by atoms with Crippen molar-refractivity contribution in [1.29, 1.82) is 0 Å². The summed E-state index contributed by atoms with van der Waals surface area (Å²) < 4.78 is 0. The van der Waals surface area contributed by atoms with Crippen molar-refractivity contribution >= 4 is 21.5 Å². The van der Waals surface area contributed by atoms with Crippen LogP contribution in [0.15, 0.2) is 84.9 Å². The van der Waals surface area contributed by atoms with Crippen LogP contribution in [0.5, 0.6) is 0 Å². The Hall–Kier alpha value is -3.48. The molecule has 0 N–H and O–H groups in total. The fourth-order valence-corrected chi connectivity index (χ4v) is 5.19. The second-order valence-electron chi connectivity index (χ2n) is 10.0. The summed E-state index contributed by atoms with van der Waals surface area (Å²) in [6.07, 6.45) is 10.5. The Balaban J connectivity index is 1.83. The Morgan fingerprint density at radius 3 is 1.43 bits per heavy atom. The SMILES string of the molecule is CCCCCC#CC(c1cccc2ccccc12)C(C#CCCCCCC)c1cccc2ccccc12. The fourth-order valence-electron chi connectivity index (χ4n) is 5.19. The molecule has 0 fully saturated rings. The third-order valence-electron chi connectivity index (χ3n) is 7.23. The van der Waals surface area contributed by atoms with Crippen molar-refractivity contribution in [2.24, 2.45) is 0 Å². The predicted molar refractivity (Wildman–Crippen MR) is 162 cm³/mol. The molecule has 0 aliphatic heterocycles. The minimum absolute atomic E-state index is 0.0154. The van der Waals surface area contributed by atoms with Crippen LogP contribution in [0.25, 0.3) is 21.5 Å². The van der Waals surface area contributed by atoms with Crippen LogP contribution in [0.1, 0.15) is 94.6 Å². The number of hydrogen-bond donors (Lipinski definition) is 0. The van der Waals surface area contributed by atoms with Crippen LogP contribution >= 0.6 is 0 Å². The van der Waals surface area contributed by atoms with Crippen molar-refractivity contribution < 1.29 is 0 Å². The highest BCUT2D eigenvalue weighted by molar-refractivity contribution is 5.89. The van der Waals surface area contributed by atoms with Gasteiger partial charge in [-0.1, -0.05) is 143 Å². The molecule has 0 amide bonds. The molecule has 0 aliphatic rings. The van der Waals surface area contributed by atoms with Gasteiger partial charge in [0.25, 0.3) is 0 Å². The van der Waals surface area contributed by atoms with E-state index in [0.717, 1.165) is 19.3 Å². The Morgan fingerprint density at radius 2 is 0.919 bits per heavy atom. The van der Waals surface area contributed by atoms with Crippen LogP contribution in [-0.4, -0.2) is 0 Å². The van der Waals surface area contributed by atoms with Crippen LogP contribution in [-0.2, 0) is 0 Å². The van der Waals surface area contributed by atoms with Crippen molar-refractivity contribution in [3.8, 4) is 23.7 Å². The van der Waals surface area contributed by atoms with Gasteiger partial charge in [0.1, 0.15) is 0 Å². The summed E-state index contributed by atoms with van der Waals surface area (Å²) in [7, 11) is 0. The Kier molecular flexibility index (Phi) is 10.3. The summed E-state index contributed by atoms with van der Waals surface area (Å²) in [6, 6.07) is 30.8. The zero-order chi connectivity index (χ0) is 25.7. The van der Waals surface area contributed by atoms with Crippen molar-refractivity contribution in [2.75, 3.05) is 0 Å². The van der Waals surface area contributed by atoms with Gasteiger partial charge in [0.2, 0.25) is 0 Å². The summed E-state index contributed by atoms with van der Waals surface area (Å²) in [4.78, 5) is 0. The topological polar surface area (TPSA) is 0 Å². The molecule has 0 saturated heterocycles. The van der Waals surface area contributed by atoms with Crippen molar-refractivity contribution in [2.45, 2.75) is 83.5 Å². The maximum atomic E-state index is 3.77. The monoisotopic (exact) mass is 484 g/mol. The maximum Gasteiger partial charge on any atom is 0.0636 e. The van der Waals surface area contributed by atoms with Crippen molar-refractivity contribution in [3.63, 3.8) is 0 Å². The highest BCUT2D eigenvalue weighted by Gasteiger charge is 2.25. The molecule has 0 spiro atoms. The van der Waals surface area contributed by atoms with E-state index in [9.17, 15) is 0 Å². The summed E-state index contributed by atoms with van der Waals surface area (Å²) in [6.45, 7) is 4.51. The average molecular weight is 485 g/mol. The van der Waals surface area contributed by atoms with Crippen LogP contribution in [0, 0.1) is 23.7 Å². The molecule has 0 aliphatic carbocycles. The van der Waals surface area contributed by atoms with Gasteiger partial charge >= 0.3 is 0 Å². The van der Waals surface area contributed by atoms with Gasteiger partial charge < -0.3 is 0 Å². The first-order valence-electron chi connectivity index (χ1n) is 14.3. The zero-order valence-corrected chi connectivity index (χ0v) is 22.6. The van der Waals surface area contributed by atoms with Crippen LogP contribution in [0.3, 0.4) is 0 Å². The van der Waals surface area contributed by atoms with Gasteiger partial charge in [-0.05, 0) is 45.5 Å². The number of unbranched alkanes of at least 4 members (excludes halogenated alkanes) is 7. The quantitative estimate of drug-likeness (QED) is 0.155. The lowest BCUT2D eigenvalue weighted by Crippen LogP contribution is -2.10. The highest BCUT2D eigenvalue weighted by atomic mass is 14.3. The predicted octanol–water partition coefficient (Wildman–Crippen LogP) is 10.4. The molecule has 2 unspecified atom stereocenters. The standard InChI is InChI=1S/C37H40/c1-3-5-7-9-11-13-27-37(35-29-19-23-31-21-15-17-25-33(31)35)36(26-12-10-8-6-4-2)34-28-18-22-30-20-14-16-24-32(30)34/h14-25,28-29,36-37H,3-11H2,1-2H3. The molecular weight excluding hydrogens is 444 g/mol. The van der Waals surface area contributed by atoms with E-state index in [-0.39, 0.29) is 11.8 Å². The van der Waals surface area contributed by atoms with Gasteiger partial charge in [0.15, 0.2) is 0 Å². The molecule has 188 valence electrons. The second-order valence-corrected chi connectivity index (χ2v) is 10.0. The van der Waals surface area contributed by atoms with E-state index < -0.39 is 0 Å². The normalized spacial score (nSPS) is 12.4. The van der Waals surface area contributed by atoms with Crippen LogP contribution < -0.4 is 0 Å². The van der Waals surface area contributed by atoms with Crippen molar-refractivity contribution in [3.05, 3.63) is 96.1 Å². The van der Waals surface area contributed by atoms with E-state index in [1.165, 1.54) is 71.2 Å². The number of rotatable bonds is 10. The first kappa shape index (κ1) is 26.6. The van der Waals surface area contributed by atoms with E-state index >= 15 is 0 Å². The number of benzene rings is 4. The van der Waals surface area contributed by atoms with Crippen LogP contribution in [0.4, 0.5) is 0 Å². The minimum atomic E-state index is 0.0154. The summed E-state index contributed by atoms with van der Waals surface area (Å²) in [5, 5.41) is 5.10. The van der Waals surface area contributed by atoms with E-state index in [1.54, 1.807) is 0 Å². The van der Waals surface area contributed by atoms with E-state index in [1.807, 2.05) is 0 Å². The minimum Gasteiger partial charge on any atom is -0.103 e. The first-order valence-corrected chi connectivity index (χ1v) is 14.3. The van der Waals surface area contributed by atoms with Gasteiger partial charge in [-0.2, -0.15) is 0 Å². The largest absolute Gasteiger partial charge is 0.103 e. The van der Waals surface area contributed by atoms with E-state index in [4.69, 9.17) is 0 Å². The molecule has 0 bridgehead atoms. The smallest absolute Gasteiger partial charge is 0.0636 e. The third kappa shape index (κ3) is 7.06. The molecule has 0 heterocycles. The Bertz CT molecular complexity index is 1390. The van der Waals surface area contributed by atoms with Gasteiger partial charge in [-0.15, -0.1) is 11.8 Å². The summed E-state index contributed by atoms with van der Waals surface area (Å²) in [5.74, 6) is 14.7. The third-order valence-corrected chi connectivity index (χ3v) is 7.23.